The summed E-state index contributed by atoms with van der Waals surface area (Å²) in [5.41, 5.74) is 3.52. The number of anilines is 1. The monoisotopic (exact) mass is 362 g/mol. The van der Waals surface area contributed by atoms with Gasteiger partial charge in [0.15, 0.2) is 0 Å². The standard InChI is InChI=1S/C21H22N4O2/c1-15-7-3-4-8-16(15)11-25-21(26)18-13-24-20(14-22-18)23-12-17-9-5-6-10-19(17)27-2/h3-10,13-14H,11-12H2,1-2H3,(H,23,24)(H,25,26). The number of benzene rings is 2. The summed E-state index contributed by atoms with van der Waals surface area (Å²) in [6.07, 6.45) is 3.02. The van der Waals surface area contributed by atoms with Crippen molar-refractivity contribution in [1.29, 1.82) is 0 Å². The number of nitrogens with zero attached hydrogens (tertiary/aromatic N) is 2. The van der Waals surface area contributed by atoms with Crippen LogP contribution >= 0.6 is 0 Å². The second-order valence-corrected chi connectivity index (χ2v) is 6.06. The second kappa shape index (κ2) is 8.80. The summed E-state index contributed by atoms with van der Waals surface area (Å²) in [7, 11) is 1.64. The summed E-state index contributed by atoms with van der Waals surface area (Å²) in [6.45, 7) is 3.03. The molecule has 0 spiro atoms. The number of hydrogen-bond donors (Lipinski definition) is 2. The minimum Gasteiger partial charge on any atom is -0.496 e. The predicted molar refractivity (Wildman–Crippen MR) is 105 cm³/mol. The van der Waals surface area contributed by atoms with Crippen LogP contribution in [0.2, 0.25) is 0 Å². The fourth-order valence-corrected chi connectivity index (χ4v) is 2.65. The zero-order valence-corrected chi connectivity index (χ0v) is 15.4. The third-order valence-corrected chi connectivity index (χ3v) is 4.24. The average molecular weight is 362 g/mol. The van der Waals surface area contributed by atoms with Crippen LogP contribution in [0.25, 0.3) is 0 Å². The molecule has 138 valence electrons. The van der Waals surface area contributed by atoms with Crippen molar-refractivity contribution in [3.63, 3.8) is 0 Å². The van der Waals surface area contributed by atoms with Crippen LogP contribution in [0.5, 0.6) is 5.75 Å². The summed E-state index contributed by atoms with van der Waals surface area (Å²) in [6, 6.07) is 15.7. The minimum atomic E-state index is -0.248. The summed E-state index contributed by atoms with van der Waals surface area (Å²) < 4.78 is 5.33. The van der Waals surface area contributed by atoms with E-state index in [1.165, 1.54) is 6.20 Å². The Kier molecular flexibility index (Phi) is 5.99. The van der Waals surface area contributed by atoms with Crippen LogP contribution in [0.1, 0.15) is 27.2 Å². The third-order valence-electron chi connectivity index (χ3n) is 4.24. The first-order valence-corrected chi connectivity index (χ1v) is 8.68. The van der Waals surface area contributed by atoms with Gasteiger partial charge in [-0.25, -0.2) is 9.97 Å². The van der Waals surface area contributed by atoms with Gasteiger partial charge in [0.25, 0.3) is 5.91 Å². The van der Waals surface area contributed by atoms with Crippen molar-refractivity contribution in [1.82, 2.24) is 15.3 Å². The van der Waals surface area contributed by atoms with Crippen LogP contribution in [-0.2, 0) is 13.1 Å². The molecule has 0 atom stereocenters. The van der Waals surface area contributed by atoms with E-state index in [0.29, 0.717) is 18.9 Å². The Hall–Kier alpha value is -3.41. The molecule has 3 rings (SSSR count). The van der Waals surface area contributed by atoms with Crippen LogP contribution < -0.4 is 15.4 Å². The first kappa shape index (κ1) is 18.4. The number of ether oxygens (including phenoxy) is 1. The van der Waals surface area contributed by atoms with Crippen LogP contribution in [0, 0.1) is 6.92 Å². The quantitative estimate of drug-likeness (QED) is 0.674. The molecule has 1 amide bonds. The van der Waals surface area contributed by atoms with Gasteiger partial charge in [0, 0.05) is 18.7 Å². The van der Waals surface area contributed by atoms with Gasteiger partial charge in [-0.1, -0.05) is 42.5 Å². The molecule has 6 heteroatoms. The number of amides is 1. The Morgan fingerprint density at radius 2 is 1.70 bits per heavy atom. The summed E-state index contributed by atoms with van der Waals surface area (Å²) >= 11 is 0. The highest BCUT2D eigenvalue weighted by Crippen LogP contribution is 2.18. The fraction of sp³-hybridized carbons (Fsp3) is 0.190. The lowest BCUT2D eigenvalue weighted by Crippen LogP contribution is -2.24. The molecule has 2 N–H and O–H groups in total. The van der Waals surface area contributed by atoms with Crippen LogP contribution in [0.4, 0.5) is 5.82 Å². The number of carbonyl (C=O) groups is 1. The molecule has 0 aliphatic rings. The van der Waals surface area contributed by atoms with Crippen molar-refractivity contribution in [3.05, 3.63) is 83.3 Å². The molecule has 0 radical (unpaired) electrons. The molecule has 0 aliphatic carbocycles. The number of aryl methyl sites for hydroxylation is 1. The molecular formula is C21H22N4O2. The Labute approximate surface area is 158 Å². The minimum absolute atomic E-state index is 0.248. The smallest absolute Gasteiger partial charge is 0.271 e. The van der Waals surface area contributed by atoms with Gasteiger partial charge in [-0.2, -0.15) is 0 Å². The molecule has 2 aromatic carbocycles. The van der Waals surface area contributed by atoms with Gasteiger partial charge in [0.05, 0.1) is 19.5 Å². The Morgan fingerprint density at radius 1 is 0.963 bits per heavy atom. The summed E-state index contributed by atoms with van der Waals surface area (Å²) in [5, 5.41) is 6.05. The normalized spacial score (nSPS) is 10.3. The molecule has 0 unspecified atom stereocenters. The van der Waals surface area contributed by atoms with Crippen molar-refractivity contribution in [2.75, 3.05) is 12.4 Å². The van der Waals surface area contributed by atoms with E-state index >= 15 is 0 Å². The second-order valence-electron chi connectivity index (χ2n) is 6.06. The van der Waals surface area contributed by atoms with Crippen LogP contribution in [0.3, 0.4) is 0 Å². The van der Waals surface area contributed by atoms with Crippen LogP contribution in [-0.4, -0.2) is 23.0 Å². The maximum Gasteiger partial charge on any atom is 0.271 e. The molecule has 1 aromatic heterocycles. The lowest BCUT2D eigenvalue weighted by molar-refractivity contribution is 0.0945. The van der Waals surface area contributed by atoms with E-state index in [-0.39, 0.29) is 11.6 Å². The predicted octanol–water partition coefficient (Wildman–Crippen LogP) is 3.34. The topological polar surface area (TPSA) is 76.1 Å². The zero-order valence-electron chi connectivity index (χ0n) is 15.4. The maximum absolute atomic E-state index is 12.3. The number of methoxy groups -OCH3 is 1. The lowest BCUT2D eigenvalue weighted by Gasteiger charge is -2.10. The number of rotatable bonds is 7. The van der Waals surface area contributed by atoms with Crippen LogP contribution in [0.15, 0.2) is 60.9 Å². The molecule has 6 nitrogen and oxygen atoms in total. The van der Waals surface area contributed by atoms with E-state index in [1.807, 2.05) is 55.5 Å². The molecule has 27 heavy (non-hydrogen) atoms. The largest absolute Gasteiger partial charge is 0.496 e. The molecule has 3 aromatic rings. The third kappa shape index (κ3) is 4.82. The number of nitrogens with one attached hydrogen (secondary N) is 2. The number of carbonyl (C=O) groups excluding carboxylic acids is 1. The molecular weight excluding hydrogens is 340 g/mol. The number of hydrogen-bond acceptors (Lipinski definition) is 5. The number of para-hydroxylation sites is 1. The zero-order chi connectivity index (χ0) is 19.1. The van der Waals surface area contributed by atoms with E-state index in [4.69, 9.17) is 4.74 Å². The van der Waals surface area contributed by atoms with Crippen molar-refractivity contribution in [3.8, 4) is 5.75 Å². The van der Waals surface area contributed by atoms with Crippen molar-refractivity contribution in [2.45, 2.75) is 20.0 Å². The van der Waals surface area contributed by atoms with E-state index in [9.17, 15) is 4.79 Å². The lowest BCUT2D eigenvalue weighted by atomic mass is 10.1. The Balaban J connectivity index is 1.56. The van der Waals surface area contributed by atoms with Crippen molar-refractivity contribution < 1.29 is 9.53 Å². The average Bonchev–Trinajstić information content (AvgIpc) is 2.72. The first-order chi connectivity index (χ1) is 13.2. The summed E-state index contributed by atoms with van der Waals surface area (Å²) in [5.74, 6) is 1.16. The van der Waals surface area contributed by atoms with E-state index in [1.54, 1.807) is 13.3 Å². The van der Waals surface area contributed by atoms with Gasteiger partial charge in [-0.05, 0) is 24.1 Å². The SMILES string of the molecule is COc1ccccc1CNc1cnc(C(=O)NCc2ccccc2C)cn1. The highest BCUT2D eigenvalue weighted by molar-refractivity contribution is 5.91. The highest BCUT2D eigenvalue weighted by Gasteiger charge is 2.09. The maximum atomic E-state index is 12.3. The van der Waals surface area contributed by atoms with E-state index in [2.05, 4.69) is 20.6 Å². The van der Waals surface area contributed by atoms with Gasteiger partial charge in [0.1, 0.15) is 17.3 Å². The fourth-order valence-electron chi connectivity index (χ4n) is 2.65. The molecule has 1 heterocycles. The van der Waals surface area contributed by atoms with Crippen molar-refractivity contribution >= 4 is 11.7 Å². The Morgan fingerprint density at radius 3 is 2.41 bits per heavy atom. The van der Waals surface area contributed by atoms with E-state index in [0.717, 1.165) is 22.4 Å². The van der Waals surface area contributed by atoms with Crippen molar-refractivity contribution in [2.24, 2.45) is 0 Å². The van der Waals surface area contributed by atoms with Gasteiger partial charge >= 0.3 is 0 Å². The van der Waals surface area contributed by atoms with E-state index < -0.39 is 0 Å². The molecule has 0 bridgehead atoms. The first-order valence-electron chi connectivity index (χ1n) is 8.68. The Bertz CT molecular complexity index is 910. The van der Waals surface area contributed by atoms with Gasteiger partial charge in [0.2, 0.25) is 0 Å². The molecule has 0 saturated heterocycles. The molecule has 0 fully saturated rings. The number of aromatic nitrogens is 2. The summed E-state index contributed by atoms with van der Waals surface area (Å²) in [4.78, 5) is 20.7. The van der Waals surface area contributed by atoms with Gasteiger partial charge in [-0.3, -0.25) is 4.79 Å². The van der Waals surface area contributed by atoms with Gasteiger partial charge in [-0.15, -0.1) is 0 Å². The highest BCUT2D eigenvalue weighted by atomic mass is 16.5. The molecule has 0 saturated carbocycles. The molecule has 0 aliphatic heterocycles. The van der Waals surface area contributed by atoms with Gasteiger partial charge < -0.3 is 15.4 Å².